The van der Waals surface area contributed by atoms with E-state index in [2.05, 4.69) is 5.32 Å². The molecule has 1 amide bonds. The zero-order valence-corrected chi connectivity index (χ0v) is 13.3. The van der Waals surface area contributed by atoms with Crippen molar-refractivity contribution in [2.24, 2.45) is 11.1 Å². The van der Waals surface area contributed by atoms with Gasteiger partial charge in [0.1, 0.15) is 4.90 Å². The highest BCUT2D eigenvalue weighted by atomic mass is 35.5. The van der Waals surface area contributed by atoms with Crippen molar-refractivity contribution in [2.75, 3.05) is 19.8 Å². The molecular formula is C12H14Cl2N2O4S. The average Bonchev–Trinajstić information content (AvgIpc) is 2.87. The topological polar surface area (TPSA) is 98.5 Å². The fourth-order valence-corrected chi connectivity index (χ4v) is 3.51. The third kappa shape index (κ3) is 3.87. The van der Waals surface area contributed by atoms with Gasteiger partial charge in [0.15, 0.2) is 0 Å². The number of nitrogens with two attached hydrogens (primary N) is 1. The van der Waals surface area contributed by atoms with Crippen molar-refractivity contribution in [2.45, 2.75) is 11.3 Å². The van der Waals surface area contributed by atoms with Crippen molar-refractivity contribution < 1.29 is 17.9 Å². The molecule has 1 saturated heterocycles. The highest BCUT2D eigenvalue weighted by Crippen LogP contribution is 2.30. The fourth-order valence-electron chi connectivity index (χ4n) is 2.03. The highest BCUT2D eigenvalue weighted by Gasteiger charge is 2.24. The van der Waals surface area contributed by atoms with Crippen molar-refractivity contribution >= 4 is 39.1 Å². The molecule has 1 fully saturated rings. The first-order chi connectivity index (χ1) is 9.80. The lowest BCUT2D eigenvalue weighted by Gasteiger charge is -2.13. The summed E-state index contributed by atoms with van der Waals surface area (Å²) in [6, 6.07) is 2.45. The molecule has 0 saturated carbocycles. The summed E-state index contributed by atoms with van der Waals surface area (Å²) in [6.45, 7) is 1.66. The molecule has 1 heterocycles. The molecule has 0 spiro atoms. The first-order valence-corrected chi connectivity index (χ1v) is 8.47. The molecular weight excluding hydrogens is 339 g/mol. The summed E-state index contributed by atoms with van der Waals surface area (Å²) in [4.78, 5) is 11.8. The normalized spacial score (nSPS) is 18.7. The molecule has 1 aromatic rings. The van der Waals surface area contributed by atoms with Gasteiger partial charge < -0.3 is 10.1 Å². The zero-order valence-electron chi connectivity index (χ0n) is 10.9. The van der Waals surface area contributed by atoms with Crippen molar-refractivity contribution in [3.05, 3.63) is 27.7 Å². The first kappa shape index (κ1) is 16.5. The van der Waals surface area contributed by atoms with Gasteiger partial charge in [-0.25, -0.2) is 13.6 Å². The Labute approximate surface area is 132 Å². The smallest absolute Gasteiger partial charge is 0.254 e. The second-order valence-electron chi connectivity index (χ2n) is 4.72. The Kier molecular flexibility index (Phi) is 5.11. The van der Waals surface area contributed by atoms with Gasteiger partial charge in [0.25, 0.3) is 5.91 Å². The zero-order chi connectivity index (χ0) is 15.6. The highest BCUT2D eigenvalue weighted by molar-refractivity contribution is 7.89. The summed E-state index contributed by atoms with van der Waals surface area (Å²) in [5.41, 5.74) is -0.0937. The van der Waals surface area contributed by atoms with E-state index in [-0.39, 0.29) is 26.4 Å². The van der Waals surface area contributed by atoms with E-state index in [0.717, 1.165) is 6.42 Å². The molecule has 1 atom stereocenters. The van der Waals surface area contributed by atoms with Crippen LogP contribution in [0.4, 0.5) is 0 Å². The van der Waals surface area contributed by atoms with Gasteiger partial charge in [-0.2, -0.15) is 0 Å². The minimum atomic E-state index is -4.03. The van der Waals surface area contributed by atoms with E-state index in [0.29, 0.717) is 19.8 Å². The number of primary sulfonamides is 1. The van der Waals surface area contributed by atoms with Gasteiger partial charge in [-0.15, -0.1) is 0 Å². The Balaban J connectivity index is 2.23. The number of halogens is 2. The molecule has 0 aliphatic carbocycles. The number of sulfonamides is 1. The molecule has 0 aromatic heterocycles. The Bertz CT molecular complexity index is 657. The predicted octanol–water partition coefficient (Wildman–Crippen LogP) is 1.41. The summed E-state index contributed by atoms with van der Waals surface area (Å²) in [5.74, 6) is -0.310. The summed E-state index contributed by atoms with van der Waals surface area (Å²) < 4.78 is 28.0. The van der Waals surface area contributed by atoms with Crippen molar-refractivity contribution in [3.63, 3.8) is 0 Å². The fraction of sp³-hybridized carbons (Fsp3) is 0.417. The SMILES string of the molecule is NS(=O)(=O)c1ccc(Cl)c(C(=O)NCC2CCOC2)c1Cl. The van der Waals surface area contributed by atoms with Crippen LogP contribution < -0.4 is 10.5 Å². The third-order valence-corrected chi connectivity index (χ3v) is 4.94. The molecule has 3 N–H and O–H groups in total. The van der Waals surface area contributed by atoms with E-state index in [4.69, 9.17) is 33.1 Å². The monoisotopic (exact) mass is 352 g/mol. The van der Waals surface area contributed by atoms with E-state index in [1.807, 2.05) is 0 Å². The van der Waals surface area contributed by atoms with E-state index in [9.17, 15) is 13.2 Å². The Morgan fingerprint density at radius 2 is 2.14 bits per heavy atom. The minimum absolute atomic E-state index is 0.0626. The molecule has 0 radical (unpaired) electrons. The number of nitrogens with one attached hydrogen (secondary N) is 1. The molecule has 6 nitrogen and oxygen atoms in total. The largest absolute Gasteiger partial charge is 0.381 e. The van der Waals surface area contributed by atoms with E-state index in [1.54, 1.807) is 0 Å². The number of benzene rings is 1. The van der Waals surface area contributed by atoms with Crippen LogP contribution in [0.5, 0.6) is 0 Å². The first-order valence-electron chi connectivity index (χ1n) is 6.17. The lowest BCUT2D eigenvalue weighted by atomic mass is 10.1. The van der Waals surface area contributed by atoms with Gasteiger partial charge in [0, 0.05) is 19.1 Å². The van der Waals surface area contributed by atoms with Crippen LogP contribution in [-0.2, 0) is 14.8 Å². The maximum Gasteiger partial charge on any atom is 0.254 e. The maximum absolute atomic E-state index is 12.2. The maximum atomic E-state index is 12.2. The van der Waals surface area contributed by atoms with Crippen LogP contribution in [0, 0.1) is 5.92 Å². The number of amides is 1. The van der Waals surface area contributed by atoms with Gasteiger partial charge in [-0.3, -0.25) is 4.79 Å². The van der Waals surface area contributed by atoms with Crippen LogP contribution in [0.15, 0.2) is 17.0 Å². The molecule has 21 heavy (non-hydrogen) atoms. The van der Waals surface area contributed by atoms with Crippen LogP contribution in [-0.4, -0.2) is 34.1 Å². The van der Waals surface area contributed by atoms with Gasteiger partial charge in [-0.05, 0) is 18.6 Å². The standard InChI is InChI=1S/C12H14Cl2N2O4S/c13-8-1-2-9(21(15,18)19)11(14)10(8)12(17)16-5-7-3-4-20-6-7/h1-2,7H,3-6H2,(H,16,17)(H2,15,18,19). The molecule has 1 aliphatic heterocycles. The molecule has 116 valence electrons. The second kappa shape index (κ2) is 6.50. The van der Waals surface area contributed by atoms with Gasteiger partial charge in [0.2, 0.25) is 10.0 Å². The van der Waals surface area contributed by atoms with Gasteiger partial charge >= 0.3 is 0 Å². The second-order valence-corrected chi connectivity index (χ2v) is 7.03. The van der Waals surface area contributed by atoms with Crippen molar-refractivity contribution in [1.29, 1.82) is 0 Å². The third-order valence-electron chi connectivity index (χ3n) is 3.16. The number of hydrogen-bond donors (Lipinski definition) is 2. The number of carbonyl (C=O) groups is 1. The predicted molar refractivity (Wildman–Crippen MR) is 79.1 cm³/mol. The number of rotatable bonds is 4. The number of hydrogen-bond acceptors (Lipinski definition) is 4. The summed E-state index contributed by atoms with van der Waals surface area (Å²) >= 11 is 11.9. The van der Waals surface area contributed by atoms with Crippen LogP contribution >= 0.6 is 23.2 Å². The summed E-state index contributed by atoms with van der Waals surface area (Å²) in [5, 5.41) is 7.51. The van der Waals surface area contributed by atoms with Crippen molar-refractivity contribution in [3.8, 4) is 0 Å². The van der Waals surface area contributed by atoms with E-state index >= 15 is 0 Å². The van der Waals surface area contributed by atoms with Gasteiger partial charge in [-0.1, -0.05) is 23.2 Å². The van der Waals surface area contributed by atoms with Crippen LogP contribution in [0.25, 0.3) is 0 Å². The van der Waals surface area contributed by atoms with E-state index < -0.39 is 15.9 Å². The lowest BCUT2D eigenvalue weighted by Crippen LogP contribution is -2.30. The minimum Gasteiger partial charge on any atom is -0.381 e. The molecule has 2 rings (SSSR count). The number of carbonyl (C=O) groups excluding carboxylic acids is 1. The summed E-state index contributed by atoms with van der Waals surface area (Å²) in [6.07, 6.45) is 0.860. The molecule has 9 heteroatoms. The Morgan fingerprint density at radius 3 is 2.71 bits per heavy atom. The van der Waals surface area contributed by atoms with Crippen LogP contribution in [0.1, 0.15) is 16.8 Å². The van der Waals surface area contributed by atoms with Gasteiger partial charge in [0.05, 0.1) is 22.2 Å². The Hall–Kier alpha value is -0.860. The quantitative estimate of drug-likeness (QED) is 0.855. The average molecular weight is 353 g/mol. The molecule has 1 aromatic carbocycles. The van der Waals surface area contributed by atoms with E-state index in [1.165, 1.54) is 12.1 Å². The number of ether oxygens (including phenoxy) is 1. The van der Waals surface area contributed by atoms with Crippen LogP contribution in [0.3, 0.4) is 0 Å². The Morgan fingerprint density at radius 1 is 1.43 bits per heavy atom. The van der Waals surface area contributed by atoms with Crippen LogP contribution in [0.2, 0.25) is 10.0 Å². The van der Waals surface area contributed by atoms with Crippen molar-refractivity contribution in [1.82, 2.24) is 5.32 Å². The molecule has 0 bridgehead atoms. The summed E-state index contributed by atoms with van der Waals surface area (Å²) in [7, 11) is -4.03. The molecule has 1 aliphatic rings. The molecule has 1 unspecified atom stereocenters. The lowest BCUT2D eigenvalue weighted by molar-refractivity contribution is 0.0945.